The molecule has 0 aromatic carbocycles. The zero-order chi connectivity index (χ0) is 13.9. The van der Waals surface area contributed by atoms with Crippen molar-refractivity contribution in [3.8, 4) is 0 Å². The summed E-state index contributed by atoms with van der Waals surface area (Å²) in [5.74, 6) is 3.24. The molecule has 1 unspecified atom stereocenters. The average Bonchev–Trinajstić information content (AvgIpc) is 2.90. The third kappa shape index (κ3) is 2.11. The van der Waals surface area contributed by atoms with Crippen molar-refractivity contribution in [1.29, 1.82) is 0 Å². The van der Waals surface area contributed by atoms with Crippen molar-refractivity contribution < 1.29 is 9.47 Å². The molecule has 0 aromatic heterocycles. The third-order valence-electron chi connectivity index (χ3n) is 7.03. The Bertz CT molecular complexity index is 376. The van der Waals surface area contributed by atoms with Crippen LogP contribution in [-0.2, 0) is 9.47 Å². The minimum absolute atomic E-state index is 0.159. The fraction of sp³-hybridized carbons (Fsp3) is 1.00. The maximum atomic E-state index is 6.66. The lowest BCUT2D eigenvalue weighted by atomic mass is 9.53. The molecule has 2 heterocycles. The molecular weight excluding hydrogens is 262 g/mol. The lowest BCUT2D eigenvalue weighted by Crippen LogP contribution is -2.58. The summed E-state index contributed by atoms with van der Waals surface area (Å²) in [7, 11) is 0. The Kier molecular flexibility index (Phi) is 3.14. The van der Waals surface area contributed by atoms with E-state index in [2.05, 4.69) is 4.90 Å². The molecule has 0 aromatic rings. The Hall–Kier alpha value is -0.120. The quantitative estimate of drug-likeness (QED) is 0.780. The van der Waals surface area contributed by atoms with Gasteiger partial charge in [0.25, 0.3) is 0 Å². The van der Waals surface area contributed by atoms with Gasteiger partial charge in [0.1, 0.15) is 0 Å². The molecule has 4 bridgehead atoms. The van der Waals surface area contributed by atoms with Gasteiger partial charge in [-0.15, -0.1) is 0 Å². The van der Waals surface area contributed by atoms with E-state index >= 15 is 0 Å². The predicted molar refractivity (Wildman–Crippen MR) is 80.9 cm³/mol. The Morgan fingerprint density at radius 1 is 0.857 bits per heavy atom. The highest BCUT2D eigenvalue weighted by molar-refractivity contribution is 5.05. The second kappa shape index (κ2) is 4.94. The Morgan fingerprint density at radius 3 is 2.19 bits per heavy atom. The number of hydrogen-bond acceptors (Lipinski definition) is 3. The first-order valence-electron chi connectivity index (χ1n) is 9.36. The van der Waals surface area contributed by atoms with Crippen molar-refractivity contribution in [2.24, 2.45) is 23.7 Å². The van der Waals surface area contributed by atoms with E-state index in [0.29, 0.717) is 17.9 Å². The molecule has 3 heteroatoms. The summed E-state index contributed by atoms with van der Waals surface area (Å²) < 4.78 is 13.1. The summed E-state index contributed by atoms with van der Waals surface area (Å²) in [5.41, 5.74) is 0. The SMILES string of the molecule is C1CCN(CC2COC3(O2)C2CC4CC(C2)CC3C4)CC1. The van der Waals surface area contributed by atoms with E-state index in [-0.39, 0.29) is 5.79 Å². The van der Waals surface area contributed by atoms with Crippen LogP contribution in [0.1, 0.15) is 51.4 Å². The lowest BCUT2D eigenvalue weighted by molar-refractivity contribution is -0.294. The van der Waals surface area contributed by atoms with Crippen molar-refractivity contribution in [1.82, 2.24) is 4.90 Å². The highest BCUT2D eigenvalue weighted by Gasteiger charge is 2.62. The van der Waals surface area contributed by atoms with Gasteiger partial charge in [0.2, 0.25) is 0 Å². The molecular formula is C18H29NO2. The number of piperidine rings is 1. The molecule has 0 amide bonds. The normalized spacial score (nSPS) is 52.9. The van der Waals surface area contributed by atoms with Crippen molar-refractivity contribution >= 4 is 0 Å². The van der Waals surface area contributed by atoms with Crippen LogP contribution in [0.15, 0.2) is 0 Å². The first-order valence-corrected chi connectivity index (χ1v) is 9.36. The minimum atomic E-state index is -0.159. The summed E-state index contributed by atoms with van der Waals surface area (Å²) in [5, 5.41) is 0. The van der Waals surface area contributed by atoms with Gasteiger partial charge in [-0.2, -0.15) is 0 Å². The molecule has 6 aliphatic rings. The molecule has 0 radical (unpaired) electrons. The van der Waals surface area contributed by atoms with Crippen LogP contribution in [0.2, 0.25) is 0 Å². The molecule has 2 saturated heterocycles. The van der Waals surface area contributed by atoms with Crippen molar-refractivity contribution in [3.05, 3.63) is 0 Å². The Labute approximate surface area is 128 Å². The van der Waals surface area contributed by atoms with Gasteiger partial charge < -0.3 is 14.4 Å². The average molecular weight is 291 g/mol. The van der Waals surface area contributed by atoms with Crippen molar-refractivity contribution in [2.75, 3.05) is 26.2 Å². The zero-order valence-corrected chi connectivity index (χ0v) is 13.1. The van der Waals surface area contributed by atoms with Crippen LogP contribution >= 0.6 is 0 Å². The van der Waals surface area contributed by atoms with E-state index in [1.165, 1.54) is 64.5 Å². The maximum Gasteiger partial charge on any atom is 0.174 e. The fourth-order valence-corrected chi connectivity index (χ4v) is 6.34. The molecule has 21 heavy (non-hydrogen) atoms. The van der Waals surface area contributed by atoms with Crippen LogP contribution in [0.4, 0.5) is 0 Å². The fourth-order valence-electron chi connectivity index (χ4n) is 6.34. The lowest BCUT2D eigenvalue weighted by Gasteiger charge is -2.58. The minimum Gasteiger partial charge on any atom is -0.347 e. The van der Waals surface area contributed by atoms with E-state index < -0.39 is 0 Å². The van der Waals surface area contributed by atoms with Gasteiger partial charge in [0.05, 0.1) is 12.7 Å². The third-order valence-corrected chi connectivity index (χ3v) is 7.03. The summed E-state index contributed by atoms with van der Waals surface area (Å²) in [6, 6.07) is 0. The molecule has 0 N–H and O–H groups in total. The molecule has 4 saturated carbocycles. The molecule has 6 fully saturated rings. The topological polar surface area (TPSA) is 21.7 Å². The summed E-state index contributed by atoms with van der Waals surface area (Å²) in [6.07, 6.45) is 11.5. The first-order chi connectivity index (χ1) is 10.3. The number of ether oxygens (including phenoxy) is 2. The highest BCUT2D eigenvalue weighted by Crippen LogP contribution is 2.61. The summed E-state index contributed by atoms with van der Waals surface area (Å²) in [4.78, 5) is 2.60. The molecule has 6 rings (SSSR count). The second-order valence-electron chi connectivity index (χ2n) is 8.44. The number of likely N-dealkylation sites (tertiary alicyclic amines) is 1. The summed E-state index contributed by atoms with van der Waals surface area (Å²) >= 11 is 0. The monoisotopic (exact) mass is 291 g/mol. The maximum absolute atomic E-state index is 6.66. The van der Waals surface area contributed by atoms with Gasteiger partial charge in [-0.1, -0.05) is 6.42 Å². The Morgan fingerprint density at radius 2 is 1.52 bits per heavy atom. The van der Waals surface area contributed by atoms with Gasteiger partial charge >= 0.3 is 0 Å². The zero-order valence-electron chi connectivity index (χ0n) is 13.1. The summed E-state index contributed by atoms with van der Waals surface area (Å²) in [6.45, 7) is 4.49. The van der Waals surface area contributed by atoms with Gasteiger partial charge in [0, 0.05) is 18.4 Å². The molecule has 1 spiro atoms. The second-order valence-corrected chi connectivity index (χ2v) is 8.44. The van der Waals surface area contributed by atoms with Crippen molar-refractivity contribution in [3.63, 3.8) is 0 Å². The molecule has 1 atom stereocenters. The van der Waals surface area contributed by atoms with E-state index in [9.17, 15) is 0 Å². The Balaban J connectivity index is 1.28. The van der Waals surface area contributed by atoms with Crippen LogP contribution in [-0.4, -0.2) is 43.0 Å². The number of hydrogen-bond donors (Lipinski definition) is 0. The van der Waals surface area contributed by atoms with Gasteiger partial charge in [0.15, 0.2) is 5.79 Å². The predicted octanol–water partition coefficient (Wildman–Crippen LogP) is 3.04. The van der Waals surface area contributed by atoms with Crippen LogP contribution in [0.25, 0.3) is 0 Å². The molecule has 2 aliphatic heterocycles. The standard InChI is InChI=1S/C18H29NO2/c1-2-4-19(5-3-1)11-17-12-20-18(21-17)15-7-13-6-14(9-15)10-16(18)8-13/h13-17H,1-12H2. The van der Waals surface area contributed by atoms with Crippen LogP contribution in [0.3, 0.4) is 0 Å². The van der Waals surface area contributed by atoms with Crippen LogP contribution in [0.5, 0.6) is 0 Å². The van der Waals surface area contributed by atoms with Crippen molar-refractivity contribution in [2.45, 2.75) is 63.3 Å². The van der Waals surface area contributed by atoms with Crippen LogP contribution < -0.4 is 0 Å². The van der Waals surface area contributed by atoms with Gasteiger partial charge in [-0.25, -0.2) is 0 Å². The molecule has 3 nitrogen and oxygen atoms in total. The molecule has 118 valence electrons. The van der Waals surface area contributed by atoms with Gasteiger partial charge in [-0.3, -0.25) is 0 Å². The van der Waals surface area contributed by atoms with E-state index in [4.69, 9.17) is 9.47 Å². The largest absolute Gasteiger partial charge is 0.347 e. The van der Waals surface area contributed by atoms with Crippen LogP contribution in [0, 0.1) is 23.7 Å². The van der Waals surface area contributed by atoms with E-state index in [0.717, 1.165) is 25.0 Å². The van der Waals surface area contributed by atoms with E-state index in [1.54, 1.807) is 0 Å². The first kappa shape index (κ1) is 13.3. The van der Waals surface area contributed by atoms with Gasteiger partial charge in [-0.05, 0) is 69.9 Å². The van der Waals surface area contributed by atoms with E-state index in [1.807, 2.05) is 0 Å². The molecule has 4 aliphatic carbocycles. The number of rotatable bonds is 2. The number of nitrogens with zero attached hydrogens (tertiary/aromatic N) is 1. The smallest absolute Gasteiger partial charge is 0.174 e. The highest BCUT2D eigenvalue weighted by atomic mass is 16.7.